The Bertz CT molecular complexity index is 772. The zero-order valence-electron chi connectivity index (χ0n) is 13.9. The third kappa shape index (κ3) is 4.01. The first-order valence-electron chi connectivity index (χ1n) is 7.96. The summed E-state index contributed by atoms with van der Waals surface area (Å²) in [6, 6.07) is 2.21. The Morgan fingerprint density at radius 2 is 2.00 bits per heavy atom. The lowest BCUT2D eigenvalue weighted by molar-refractivity contribution is -0.136. The van der Waals surface area contributed by atoms with Crippen molar-refractivity contribution in [2.45, 2.75) is 44.8 Å². The molecule has 0 saturated heterocycles. The summed E-state index contributed by atoms with van der Waals surface area (Å²) in [7, 11) is 0. The molecule has 0 radical (unpaired) electrons. The number of carbonyl (C=O) groups is 1. The summed E-state index contributed by atoms with van der Waals surface area (Å²) in [5.74, 6) is -0.207. The van der Waals surface area contributed by atoms with Crippen LogP contribution in [0.3, 0.4) is 0 Å². The number of amides is 1. The third-order valence-corrected chi connectivity index (χ3v) is 4.10. The van der Waals surface area contributed by atoms with Crippen LogP contribution in [-0.2, 0) is 11.3 Å². The van der Waals surface area contributed by atoms with Crippen LogP contribution in [0, 0.1) is 0 Å². The van der Waals surface area contributed by atoms with Crippen molar-refractivity contribution in [1.82, 2.24) is 14.7 Å². The van der Waals surface area contributed by atoms with Gasteiger partial charge in [0, 0.05) is 18.2 Å². The minimum atomic E-state index is -0.415. The van der Waals surface area contributed by atoms with Crippen molar-refractivity contribution in [2.24, 2.45) is 0 Å². The number of aromatic nitrogens is 2. The van der Waals surface area contributed by atoms with E-state index in [0.29, 0.717) is 12.8 Å². The van der Waals surface area contributed by atoms with Gasteiger partial charge < -0.3 is 4.90 Å². The van der Waals surface area contributed by atoms with Gasteiger partial charge >= 0.3 is 0 Å². The summed E-state index contributed by atoms with van der Waals surface area (Å²) in [5.41, 5.74) is 0.400. The average molecular weight is 329 g/mol. The number of nitrogens with zero attached hydrogens (tertiary/aromatic N) is 2. The molecular formula is C18H23N3O3. The van der Waals surface area contributed by atoms with Gasteiger partial charge in [-0.1, -0.05) is 23.8 Å². The molecule has 6 heteroatoms. The molecule has 1 aromatic heterocycles. The molecule has 1 N–H and O–H groups in total. The number of carbonyl (C=O) groups excluding carboxylic acids is 1. The summed E-state index contributed by atoms with van der Waals surface area (Å²) in [6.45, 7) is 9.40. The minimum Gasteiger partial charge on any atom is -0.331 e. The largest absolute Gasteiger partial charge is 0.331 e. The van der Waals surface area contributed by atoms with Gasteiger partial charge in [0.1, 0.15) is 6.54 Å². The number of hydrogen-bond acceptors (Lipinski definition) is 3. The summed E-state index contributed by atoms with van der Waals surface area (Å²) in [6.07, 6.45) is 7.72. The highest BCUT2D eigenvalue weighted by Crippen LogP contribution is 2.27. The van der Waals surface area contributed by atoms with Crippen LogP contribution in [0.2, 0.25) is 0 Å². The predicted octanol–water partition coefficient (Wildman–Crippen LogP) is 1.60. The van der Waals surface area contributed by atoms with Crippen molar-refractivity contribution in [3.05, 3.63) is 69.8 Å². The Morgan fingerprint density at radius 3 is 2.67 bits per heavy atom. The summed E-state index contributed by atoms with van der Waals surface area (Å²) < 4.78 is 1.05. The van der Waals surface area contributed by atoms with Crippen molar-refractivity contribution in [3.63, 3.8) is 0 Å². The van der Waals surface area contributed by atoms with Crippen molar-refractivity contribution in [2.75, 3.05) is 0 Å². The van der Waals surface area contributed by atoms with Crippen molar-refractivity contribution in [3.8, 4) is 0 Å². The molecule has 0 spiro atoms. The Kier molecular flexibility index (Phi) is 5.73. The molecule has 0 aliphatic carbocycles. The molecule has 1 aliphatic heterocycles. The van der Waals surface area contributed by atoms with E-state index in [1.54, 1.807) is 17.1 Å². The lowest BCUT2D eigenvalue weighted by Crippen LogP contribution is -2.51. The van der Waals surface area contributed by atoms with E-state index in [4.69, 9.17) is 0 Å². The lowest BCUT2D eigenvalue weighted by Gasteiger charge is -2.40. The first kappa shape index (κ1) is 17.7. The van der Waals surface area contributed by atoms with Gasteiger partial charge in [-0.05, 0) is 26.2 Å². The quantitative estimate of drug-likeness (QED) is 0.806. The molecule has 24 heavy (non-hydrogen) atoms. The van der Waals surface area contributed by atoms with E-state index in [9.17, 15) is 14.4 Å². The predicted molar refractivity (Wildman–Crippen MR) is 93.7 cm³/mol. The smallest absolute Gasteiger partial charge is 0.265 e. The van der Waals surface area contributed by atoms with Crippen LogP contribution in [-0.4, -0.2) is 32.7 Å². The number of aromatic amines is 1. The zero-order valence-corrected chi connectivity index (χ0v) is 13.9. The van der Waals surface area contributed by atoms with Crippen LogP contribution >= 0.6 is 0 Å². The topological polar surface area (TPSA) is 75.2 Å². The second-order valence-electron chi connectivity index (χ2n) is 6.02. The number of rotatable bonds is 6. The Morgan fingerprint density at radius 1 is 1.29 bits per heavy atom. The van der Waals surface area contributed by atoms with E-state index >= 15 is 0 Å². The van der Waals surface area contributed by atoms with Crippen molar-refractivity contribution < 1.29 is 4.79 Å². The standard InChI is InChI=1S/C18H23N3O3/c1-4-6-14-10-13(3)11-15(7-5-2)21(14)18(24)12-20-17(23)9-8-16(22)19-20/h4-5,8-10,14-15H,1-2,6-7,11-12H2,3H3,(H,19,22)/t14-,15-/m0/s1. The van der Waals surface area contributed by atoms with Gasteiger partial charge in [0.15, 0.2) is 0 Å². The number of H-pyrrole nitrogens is 1. The van der Waals surface area contributed by atoms with Crippen LogP contribution < -0.4 is 11.1 Å². The highest BCUT2D eigenvalue weighted by atomic mass is 16.2. The summed E-state index contributed by atoms with van der Waals surface area (Å²) in [4.78, 5) is 37.9. The summed E-state index contributed by atoms with van der Waals surface area (Å²) in [5, 5.41) is 2.39. The molecule has 1 amide bonds. The van der Waals surface area contributed by atoms with Crippen LogP contribution in [0.1, 0.15) is 26.2 Å². The van der Waals surface area contributed by atoms with Gasteiger partial charge in [-0.2, -0.15) is 0 Å². The molecule has 1 aromatic rings. The molecule has 2 heterocycles. The van der Waals surface area contributed by atoms with Gasteiger partial charge in [-0.25, -0.2) is 4.68 Å². The molecular weight excluding hydrogens is 306 g/mol. The molecule has 0 saturated carbocycles. The van der Waals surface area contributed by atoms with Crippen molar-refractivity contribution in [1.29, 1.82) is 0 Å². The average Bonchev–Trinajstić information content (AvgIpc) is 2.51. The second-order valence-corrected chi connectivity index (χ2v) is 6.02. The van der Waals surface area contributed by atoms with Crippen LogP contribution in [0.25, 0.3) is 0 Å². The van der Waals surface area contributed by atoms with E-state index in [-0.39, 0.29) is 24.5 Å². The van der Waals surface area contributed by atoms with Crippen molar-refractivity contribution >= 4 is 5.91 Å². The molecule has 6 nitrogen and oxygen atoms in total. The van der Waals surface area contributed by atoms with E-state index in [0.717, 1.165) is 23.2 Å². The third-order valence-electron chi connectivity index (χ3n) is 4.10. The van der Waals surface area contributed by atoms with E-state index in [1.165, 1.54) is 5.57 Å². The summed E-state index contributed by atoms with van der Waals surface area (Å²) >= 11 is 0. The fourth-order valence-electron chi connectivity index (χ4n) is 3.14. The fraction of sp³-hybridized carbons (Fsp3) is 0.389. The van der Waals surface area contributed by atoms with Gasteiger partial charge in [-0.15, -0.1) is 13.2 Å². The molecule has 2 atom stereocenters. The van der Waals surface area contributed by atoms with Gasteiger partial charge in [0.05, 0.1) is 6.04 Å². The highest BCUT2D eigenvalue weighted by Gasteiger charge is 2.32. The Labute approximate surface area is 140 Å². The van der Waals surface area contributed by atoms with Gasteiger partial charge in [0.2, 0.25) is 5.91 Å². The molecule has 1 aliphatic rings. The van der Waals surface area contributed by atoms with Crippen LogP contribution in [0.5, 0.6) is 0 Å². The lowest BCUT2D eigenvalue weighted by atomic mass is 9.92. The van der Waals surface area contributed by atoms with Gasteiger partial charge in [-0.3, -0.25) is 19.5 Å². The first-order chi connectivity index (χ1) is 11.5. The molecule has 0 bridgehead atoms. The second kappa shape index (κ2) is 7.77. The fourth-order valence-corrected chi connectivity index (χ4v) is 3.14. The molecule has 0 fully saturated rings. The SMILES string of the molecule is C=CC[C@H]1CC(C)=C[C@H](CC=C)N1C(=O)Cn1[nH]c(=O)ccc1=O. The zero-order chi connectivity index (χ0) is 17.7. The maximum atomic E-state index is 12.9. The first-order valence-corrected chi connectivity index (χ1v) is 7.96. The monoisotopic (exact) mass is 329 g/mol. The number of nitrogens with one attached hydrogen (secondary N) is 1. The van der Waals surface area contributed by atoms with E-state index in [2.05, 4.69) is 24.3 Å². The molecule has 0 unspecified atom stereocenters. The van der Waals surface area contributed by atoms with Gasteiger partial charge in [0.25, 0.3) is 11.1 Å². The molecule has 0 aromatic carbocycles. The highest BCUT2D eigenvalue weighted by molar-refractivity contribution is 5.77. The minimum absolute atomic E-state index is 0.00362. The Balaban J connectivity index is 2.32. The molecule has 2 rings (SSSR count). The van der Waals surface area contributed by atoms with Crippen LogP contribution in [0.4, 0.5) is 0 Å². The maximum Gasteiger partial charge on any atom is 0.265 e. The van der Waals surface area contributed by atoms with E-state index in [1.807, 2.05) is 6.92 Å². The van der Waals surface area contributed by atoms with Crippen LogP contribution in [0.15, 0.2) is 58.7 Å². The Hall–Kier alpha value is -2.63. The maximum absolute atomic E-state index is 12.9. The number of hydrogen-bond donors (Lipinski definition) is 1. The molecule has 128 valence electrons. The van der Waals surface area contributed by atoms with E-state index < -0.39 is 11.1 Å². The normalized spacial score (nSPS) is 20.4.